The number of thioether (sulfide) groups is 1. The highest BCUT2D eigenvalue weighted by molar-refractivity contribution is 8.00. The molecule has 4 rings (SSSR count). The molecule has 0 aliphatic heterocycles. The van der Waals surface area contributed by atoms with Crippen LogP contribution in [-0.2, 0) is 4.79 Å². The molecule has 1 saturated carbocycles. The van der Waals surface area contributed by atoms with E-state index in [0.717, 1.165) is 36.1 Å². The fraction of sp³-hybridized carbons (Fsp3) is 0.300. The maximum Gasteiger partial charge on any atom is 0.196 e. The van der Waals surface area contributed by atoms with Gasteiger partial charge in [0.1, 0.15) is 5.78 Å². The van der Waals surface area contributed by atoms with Crippen molar-refractivity contribution in [1.29, 1.82) is 0 Å². The molecule has 0 spiro atoms. The Bertz CT molecular complexity index is 973. The molecule has 7 heteroatoms. The summed E-state index contributed by atoms with van der Waals surface area (Å²) in [4.78, 5) is 16.4. The predicted molar refractivity (Wildman–Crippen MR) is 107 cm³/mol. The summed E-state index contributed by atoms with van der Waals surface area (Å²) in [5.41, 5.74) is 2.79. The van der Waals surface area contributed by atoms with Crippen molar-refractivity contribution in [3.63, 3.8) is 0 Å². The number of carbonyl (C=O) groups excluding carboxylic acids is 1. The van der Waals surface area contributed by atoms with Crippen LogP contribution in [0.25, 0.3) is 17.1 Å². The van der Waals surface area contributed by atoms with Gasteiger partial charge in [-0.2, -0.15) is 0 Å². The molecule has 0 saturated heterocycles. The molecule has 2 heterocycles. The minimum absolute atomic E-state index is 0.0634. The Labute approximate surface area is 167 Å². The zero-order chi connectivity index (χ0) is 18.8. The SMILES string of the molecule is Cc1c(Cl)cccc1-n1c(S[C@H]2CCCCC2=O)nnc1-c1ccncc1. The van der Waals surface area contributed by atoms with Gasteiger partial charge in [-0.3, -0.25) is 14.3 Å². The largest absolute Gasteiger partial charge is 0.298 e. The van der Waals surface area contributed by atoms with Gasteiger partial charge in [0.2, 0.25) is 0 Å². The zero-order valence-electron chi connectivity index (χ0n) is 14.9. The number of rotatable bonds is 4. The fourth-order valence-corrected chi connectivity index (χ4v) is 4.63. The molecule has 1 aliphatic rings. The van der Waals surface area contributed by atoms with Gasteiger partial charge in [0.05, 0.1) is 10.9 Å². The van der Waals surface area contributed by atoms with E-state index < -0.39 is 0 Å². The Morgan fingerprint density at radius 2 is 1.96 bits per heavy atom. The van der Waals surface area contributed by atoms with Crippen LogP contribution in [0.2, 0.25) is 5.02 Å². The van der Waals surface area contributed by atoms with Gasteiger partial charge in [-0.25, -0.2) is 0 Å². The second-order valence-electron chi connectivity index (χ2n) is 6.58. The first kappa shape index (κ1) is 18.2. The number of pyridine rings is 1. The van der Waals surface area contributed by atoms with Gasteiger partial charge in [-0.15, -0.1) is 10.2 Å². The zero-order valence-corrected chi connectivity index (χ0v) is 16.5. The normalized spacial score (nSPS) is 17.3. The fourth-order valence-electron chi connectivity index (χ4n) is 3.29. The van der Waals surface area contributed by atoms with Crippen molar-refractivity contribution >= 4 is 29.1 Å². The van der Waals surface area contributed by atoms with Crippen LogP contribution < -0.4 is 0 Å². The van der Waals surface area contributed by atoms with E-state index >= 15 is 0 Å². The average molecular weight is 399 g/mol. The average Bonchev–Trinajstić information content (AvgIpc) is 3.10. The van der Waals surface area contributed by atoms with E-state index in [4.69, 9.17) is 11.6 Å². The maximum absolute atomic E-state index is 12.3. The summed E-state index contributed by atoms with van der Waals surface area (Å²) in [6, 6.07) is 9.60. The molecule has 3 aromatic rings. The molecule has 0 amide bonds. The molecule has 0 N–H and O–H groups in total. The van der Waals surface area contributed by atoms with Crippen molar-refractivity contribution in [2.45, 2.75) is 43.0 Å². The lowest BCUT2D eigenvalue weighted by Gasteiger charge is -2.20. The summed E-state index contributed by atoms with van der Waals surface area (Å²) in [5.74, 6) is 1.02. The van der Waals surface area contributed by atoms with E-state index in [1.165, 1.54) is 11.8 Å². The molecular weight excluding hydrogens is 380 g/mol. The first-order valence-electron chi connectivity index (χ1n) is 8.96. The molecule has 27 heavy (non-hydrogen) atoms. The molecule has 1 atom stereocenters. The number of ketones is 1. The van der Waals surface area contributed by atoms with E-state index in [-0.39, 0.29) is 5.25 Å². The van der Waals surface area contributed by atoms with Gasteiger partial charge in [-0.05, 0) is 49.6 Å². The van der Waals surface area contributed by atoms with E-state index in [0.29, 0.717) is 28.2 Å². The van der Waals surface area contributed by atoms with Gasteiger partial charge in [0.15, 0.2) is 11.0 Å². The Morgan fingerprint density at radius 3 is 2.74 bits per heavy atom. The Kier molecular flexibility index (Phi) is 5.27. The highest BCUT2D eigenvalue weighted by atomic mass is 35.5. The van der Waals surface area contributed by atoms with Crippen LogP contribution in [0, 0.1) is 6.92 Å². The number of halogens is 1. The van der Waals surface area contributed by atoms with Crippen molar-refractivity contribution in [3.05, 3.63) is 53.3 Å². The topological polar surface area (TPSA) is 60.7 Å². The minimum Gasteiger partial charge on any atom is -0.298 e. The summed E-state index contributed by atoms with van der Waals surface area (Å²) in [6.45, 7) is 1.98. The maximum atomic E-state index is 12.3. The van der Waals surface area contributed by atoms with E-state index in [2.05, 4.69) is 15.2 Å². The van der Waals surface area contributed by atoms with Crippen molar-refractivity contribution in [1.82, 2.24) is 19.7 Å². The second-order valence-corrected chi connectivity index (χ2v) is 8.16. The molecule has 5 nitrogen and oxygen atoms in total. The van der Waals surface area contributed by atoms with Gasteiger partial charge >= 0.3 is 0 Å². The van der Waals surface area contributed by atoms with Crippen LogP contribution in [0.4, 0.5) is 0 Å². The first-order chi connectivity index (χ1) is 13.1. The summed E-state index contributed by atoms with van der Waals surface area (Å²) in [7, 11) is 0. The monoisotopic (exact) mass is 398 g/mol. The second kappa shape index (κ2) is 7.82. The van der Waals surface area contributed by atoms with Crippen LogP contribution in [-0.4, -0.2) is 30.8 Å². The van der Waals surface area contributed by atoms with Crippen LogP contribution in [0.1, 0.15) is 31.2 Å². The highest BCUT2D eigenvalue weighted by Gasteiger charge is 2.27. The predicted octanol–water partition coefficient (Wildman–Crippen LogP) is 4.89. The Morgan fingerprint density at radius 1 is 1.15 bits per heavy atom. The third-order valence-electron chi connectivity index (χ3n) is 4.80. The molecule has 138 valence electrons. The Hall–Kier alpha value is -2.18. The molecular formula is C20H19ClN4OS. The van der Waals surface area contributed by atoms with E-state index in [1.807, 2.05) is 41.8 Å². The van der Waals surface area contributed by atoms with E-state index in [1.54, 1.807) is 12.4 Å². The number of hydrogen-bond donors (Lipinski definition) is 0. The minimum atomic E-state index is -0.0634. The van der Waals surface area contributed by atoms with Gasteiger partial charge in [0, 0.05) is 29.4 Å². The number of hydrogen-bond acceptors (Lipinski definition) is 5. The lowest BCUT2D eigenvalue weighted by molar-refractivity contribution is -0.119. The summed E-state index contributed by atoms with van der Waals surface area (Å²) < 4.78 is 2.00. The lowest BCUT2D eigenvalue weighted by atomic mass is 9.99. The van der Waals surface area contributed by atoms with Crippen molar-refractivity contribution < 1.29 is 4.79 Å². The molecule has 0 bridgehead atoms. The van der Waals surface area contributed by atoms with Crippen LogP contribution >= 0.6 is 23.4 Å². The molecule has 0 unspecified atom stereocenters. The number of aromatic nitrogens is 4. The van der Waals surface area contributed by atoms with Crippen LogP contribution in [0.15, 0.2) is 47.9 Å². The van der Waals surface area contributed by atoms with Gasteiger partial charge in [-0.1, -0.05) is 35.9 Å². The van der Waals surface area contributed by atoms with E-state index in [9.17, 15) is 4.79 Å². The van der Waals surface area contributed by atoms with Gasteiger partial charge < -0.3 is 0 Å². The number of nitrogens with zero attached hydrogens (tertiary/aromatic N) is 4. The number of carbonyl (C=O) groups is 1. The quantitative estimate of drug-likeness (QED) is 0.625. The van der Waals surface area contributed by atoms with Crippen molar-refractivity contribution in [3.8, 4) is 17.1 Å². The Balaban J connectivity index is 1.83. The van der Waals surface area contributed by atoms with Crippen LogP contribution in [0.3, 0.4) is 0 Å². The van der Waals surface area contributed by atoms with Crippen molar-refractivity contribution in [2.75, 3.05) is 0 Å². The summed E-state index contributed by atoms with van der Waals surface area (Å²) in [6.07, 6.45) is 7.06. The molecule has 1 fully saturated rings. The molecule has 1 aromatic carbocycles. The standard InChI is InChI=1S/C20H19ClN4OS/c1-13-15(21)5-4-6-16(13)25-19(14-9-11-22-12-10-14)23-24-20(25)27-18-8-3-2-7-17(18)26/h4-6,9-12,18H,2-3,7-8H2,1H3/t18-/m0/s1. The van der Waals surface area contributed by atoms with Gasteiger partial charge in [0.25, 0.3) is 0 Å². The summed E-state index contributed by atoms with van der Waals surface area (Å²) >= 11 is 7.88. The smallest absolute Gasteiger partial charge is 0.196 e. The van der Waals surface area contributed by atoms with Crippen molar-refractivity contribution in [2.24, 2.45) is 0 Å². The number of Topliss-reactive ketones (excluding diaryl/α,β-unsaturated/α-hetero) is 1. The molecule has 1 aliphatic carbocycles. The first-order valence-corrected chi connectivity index (χ1v) is 10.2. The third kappa shape index (κ3) is 3.64. The highest BCUT2D eigenvalue weighted by Crippen LogP contribution is 2.36. The molecule has 2 aromatic heterocycles. The molecule has 0 radical (unpaired) electrons. The van der Waals surface area contributed by atoms with Crippen LogP contribution in [0.5, 0.6) is 0 Å². The number of benzene rings is 1. The lowest BCUT2D eigenvalue weighted by Crippen LogP contribution is -2.21. The third-order valence-corrected chi connectivity index (χ3v) is 6.47. The summed E-state index contributed by atoms with van der Waals surface area (Å²) in [5, 5.41) is 10.2.